The number of allylic oxidation sites excluding steroid dienone is 2. The number of H-pyrrole nitrogens is 1. The lowest BCUT2D eigenvalue weighted by Crippen LogP contribution is -2.29. The van der Waals surface area contributed by atoms with E-state index in [1.807, 2.05) is 19.1 Å². The molecule has 1 aliphatic carbocycles. The minimum Gasteiger partial charge on any atom is -0.340 e. The topological polar surface area (TPSA) is 105 Å². The van der Waals surface area contributed by atoms with Crippen LogP contribution in [0.3, 0.4) is 0 Å². The zero-order valence-electron chi connectivity index (χ0n) is 15.0. The van der Waals surface area contributed by atoms with Gasteiger partial charge in [0.2, 0.25) is 0 Å². The van der Waals surface area contributed by atoms with Crippen LogP contribution in [0.25, 0.3) is 0 Å². The Morgan fingerprint density at radius 1 is 1.19 bits per heavy atom. The molecule has 0 saturated heterocycles. The predicted molar refractivity (Wildman–Crippen MR) is 99.6 cm³/mol. The van der Waals surface area contributed by atoms with Crippen LogP contribution < -0.4 is 5.32 Å². The highest BCUT2D eigenvalue weighted by Crippen LogP contribution is 2.45. The fourth-order valence-corrected chi connectivity index (χ4v) is 4.22. The Labute approximate surface area is 157 Å². The van der Waals surface area contributed by atoms with E-state index in [2.05, 4.69) is 27.7 Å². The number of benzene rings is 1. The van der Waals surface area contributed by atoms with Gasteiger partial charge in [-0.25, -0.2) is 0 Å². The highest BCUT2D eigenvalue weighted by Gasteiger charge is 2.37. The van der Waals surface area contributed by atoms with Gasteiger partial charge in [-0.3, -0.25) is 9.89 Å². The fraction of sp³-hybridized carbons (Fsp3) is 0.333. The SMILES string of the molecule is Cc1c(C#N)cccc1C1C(C#N)=C(C2CCCCC2=O)Nc2n[nH]cc21. The van der Waals surface area contributed by atoms with E-state index in [0.29, 0.717) is 29.1 Å². The second kappa shape index (κ2) is 6.74. The molecule has 2 aromatic rings. The summed E-state index contributed by atoms with van der Waals surface area (Å²) >= 11 is 0. The Bertz CT molecular complexity index is 1030. The molecule has 6 nitrogen and oxygen atoms in total. The first-order valence-corrected chi connectivity index (χ1v) is 9.13. The quantitative estimate of drug-likeness (QED) is 0.853. The zero-order chi connectivity index (χ0) is 19.0. The molecule has 0 amide bonds. The summed E-state index contributed by atoms with van der Waals surface area (Å²) in [6, 6.07) is 10.1. The molecule has 1 fully saturated rings. The number of aromatic amines is 1. The predicted octanol–water partition coefficient (Wildman–Crippen LogP) is 3.68. The van der Waals surface area contributed by atoms with E-state index in [1.54, 1.807) is 12.3 Å². The lowest BCUT2D eigenvalue weighted by Gasteiger charge is -2.32. The molecule has 0 bridgehead atoms. The maximum absolute atomic E-state index is 12.6. The van der Waals surface area contributed by atoms with Crippen molar-refractivity contribution in [3.05, 3.63) is 57.9 Å². The van der Waals surface area contributed by atoms with Crippen LogP contribution in [0.4, 0.5) is 5.82 Å². The number of Topliss-reactive ketones (excluding diaryl/α,β-unsaturated/α-hetero) is 1. The van der Waals surface area contributed by atoms with E-state index >= 15 is 0 Å². The average molecular weight is 357 g/mol. The number of rotatable bonds is 2. The maximum atomic E-state index is 12.6. The molecule has 1 aromatic carbocycles. The molecule has 2 heterocycles. The molecule has 0 spiro atoms. The number of hydrogen-bond acceptors (Lipinski definition) is 5. The number of nitrogens with one attached hydrogen (secondary N) is 2. The summed E-state index contributed by atoms with van der Waals surface area (Å²) in [7, 11) is 0. The first-order chi connectivity index (χ1) is 13.2. The van der Waals surface area contributed by atoms with Crippen LogP contribution in [0.5, 0.6) is 0 Å². The minimum atomic E-state index is -0.344. The van der Waals surface area contributed by atoms with E-state index in [1.165, 1.54) is 0 Å². The molecule has 2 atom stereocenters. The number of carbonyl (C=O) groups excluding carboxylic acids is 1. The monoisotopic (exact) mass is 357 g/mol. The smallest absolute Gasteiger partial charge is 0.156 e. The summed E-state index contributed by atoms with van der Waals surface area (Å²) in [5.41, 5.74) is 4.41. The number of fused-ring (bicyclic) bond motifs is 1. The zero-order valence-corrected chi connectivity index (χ0v) is 15.0. The number of aromatic nitrogens is 2. The first-order valence-electron chi connectivity index (χ1n) is 9.13. The molecule has 1 aromatic heterocycles. The molecule has 6 heteroatoms. The molecule has 4 rings (SSSR count). The number of hydrogen-bond donors (Lipinski definition) is 2. The van der Waals surface area contributed by atoms with Gasteiger partial charge in [0.25, 0.3) is 0 Å². The van der Waals surface area contributed by atoms with Crippen molar-refractivity contribution in [3.63, 3.8) is 0 Å². The summed E-state index contributed by atoms with van der Waals surface area (Å²) in [6.07, 6.45) is 4.96. The van der Waals surface area contributed by atoms with Crippen LogP contribution in [-0.2, 0) is 4.79 Å². The normalized spacial score (nSPS) is 21.8. The maximum Gasteiger partial charge on any atom is 0.156 e. The average Bonchev–Trinajstić information content (AvgIpc) is 3.15. The van der Waals surface area contributed by atoms with E-state index in [-0.39, 0.29) is 17.6 Å². The van der Waals surface area contributed by atoms with Crippen molar-refractivity contribution in [2.45, 2.75) is 38.5 Å². The molecule has 134 valence electrons. The molecule has 2 unspecified atom stereocenters. The van der Waals surface area contributed by atoms with Gasteiger partial charge in [-0.2, -0.15) is 15.6 Å². The standard InChI is InChI=1S/C21H19N5O/c1-12-13(9-22)5-4-7-14(12)19-16(10-23)20(15-6-2-3-8-18(15)27)25-21-17(19)11-24-26-21/h4-5,7,11,15,19H,2-3,6,8H2,1H3,(H2,24,25,26). The molecule has 1 saturated carbocycles. The lowest BCUT2D eigenvalue weighted by atomic mass is 9.76. The third kappa shape index (κ3) is 2.71. The molecule has 27 heavy (non-hydrogen) atoms. The number of carbonyl (C=O) groups is 1. The van der Waals surface area contributed by atoms with E-state index in [9.17, 15) is 15.3 Å². The van der Waals surface area contributed by atoms with Crippen molar-refractivity contribution >= 4 is 11.6 Å². The van der Waals surface area contributed by atoms with Crippen LogP contribution >= 0.6 is 0 Å². The van der Waals surface area contributed by atoms with Crippen LogP contribution in [-0.4, -0.2) is 16.0 Å². The summed E-state index contributed by atoms with van der Waals surface area (Å²) in [4.78, 5) is 12.6. The lowest BCUT2D eigenvalue weighted by molar-refractivity contribution is -0.123. The van der Waals surface area contributed by atoms with Crippen LogP contribution in [0.2, 0.25) is 0 Å². The summed E-state index contributed by atoms with van der Waals surface area (Å²) < 4.78 is 0. The van der Waals surface area contributed by atoms with Gasteiger partial charge < -0.3 is 5.32 Å². The summed E-state index contributed by atoms with van der Waals surface area (Å²) in [5, 5.41) is 29.9. The van der Waals surface area contributed by atoms with Crippen molar-refractivity contribution in [1.82, 2.24) is 10.2 Å². The van der Waals surface area contributed by atoms with Crippen molar-refractivity contribution < 1.29 is 4.79 Å². The fourth-order valence-electron chi connectivity index (χ4n) is 4.22. The van der Waals surface area contributed by atoms with E-state index in [0.717, 1.165) is 36.0 Å². The van der Waals surface area contributed by atoms with E-state index in [4.69, 9.17) is 0 Å². The van der Waals surface area contributed by atoms with Gasteiger partial charge in [0.1, 0.15) is 5.78 Å². The molecule has 2 N–H and O–H groups in total. The van der Waals surface area contributed by atoms with Gasteiger partial charge in [-0.15, -0.1) is 0 Å². The third-order valence-corrected chi connectivity index (χ3v) is 5.64. The Kier molecular flexibility index (Phi) is 4.25. The Morgan fingerprint density at radius 3 is 2.78 bits per heavy atom. The molecular formula is C21H19N5O. The second-order valence-corrected chi connectivity index (χ2v) is 7.08. The summed E-state index contributed by atoms with van der Waals surface area (Å²) in [5.74, 6) is 0.189. The molecule has 2 aliphatic rings. The van der Waals surface area contributed by atoms with Crippen molar-refractivity contribution in [1.29, 1.82) is 10.5 Å². The van der Waals surface area contributed by atoms with Gasteiger partial charge >= 0.3 is 0 Å². The third-order valence-electron chi connectivity index (χ3n) is 5.64. The van der Waals surface area contributed by atoms with Gasteiger partial charge in [0.05, 0.1) is 35.1 Å². The van der Waals surface area contributed by atoms with Crippen LogP contribution in [0.15, 0.2) is 35.7 Å². The Balaban J connectivity index is 1.93. The molecular weight excluding hydrogens is 338 g/mol. The van der Waals surface area contributed by atoms with Gasteiger partial charge in [0.15, 0.2) is 5.82 Å². The Morgan fingerprint density at radius 2 is 2.04 bits per heavy atom. The van der Waals surface area contributed by atoms with Crippen molar-refractivity contribution in [3.8, 4) is 12.1 Å². The van der Waals surface area contributed by atoms with Gasteiger partial charge in [-0.1, -0.05) is 18.6 Å². The molecule has 1 aliphatic heterocycles. The van der Waals surface area contributed by atoms with E-state index < -0.39 is 0 Å². The van der Waals surface area contributed by atoms with Crippen molar-refractivity contribution in [2.24, 2.45) is 5.92 Å². The van der Waals surface area contributed by atoms with Crippen LogP contribution in [0, 0.1) is 35.5 Å². The van der Waals surface area contributed by atoms with Crippen LogP contribution in [0.1, 0.15) is 53.9 Å². The minimum absolute atomic E-state index is 0.178. The first kappa shape index (κ1) is 17.1. The Hall–Kier alpha value is -3.38. The molecule has 0 radical (unpaired) electrons. The second-order valence-electron chi connectivity index (χ2n) is 7.08. The highest BCUT2D eigenvalue weighted by molar-refractivity contribution is 5.86. The van der Waals surface area contributed by atoms with Gasteiger partial charge in [-0.05, 0) is 37.0 Å². The summed E-state index contributed by atoms with van der Waals surface area (Å²) in [6.45, 7) is 1.90. The van der Waals surface area contributed by atoms with Gasteiger partial charge in [0, 0.05) is 23.9 Å². The number of nitriles is 2. The number of ketones is 1. The van der Waals surface area contributed by atoms with Crippen molar-refractivity contribution in [2.75, 3.05) is 5.32 Å². The number of nitrogens with zero attached hydrogens (tertiary/aromatic N) is 3. The number of anilines is 1. The largest absolute Gasteiger partial charge is 0.340 e. The highest BCUT2D eigenvalue weighted by atomic mass is 16.1.